The van der Waals surface area contributed by atoms with E-state index in [1.165, 1.54) is 5.56 Å². The van der Waals surface area contributed by atoms with Crippen LogP contribution in [0.15, 0.2) is 42.7 Å². The Morgan fingerprint density at radius 2 is 1.97 bits per heavy atom. The highest BCUT2D eigenvalue weighted by Gasteiger charge is 2.36. The standard InChI is InChI=1S/C25H28N6O2/c1-17-19-10-11-21(32)31(15-12-18-7-4-3-5-8-18)23(19)28-22(27-17)20-9-6-14-30(20)25(33)24-26-13-16-29(24)2/h3-5,7-8,13,16,20H,6,9-12,14-15H2,1-2H3. The highest BCUT2D eigenvalue weighted by atomic mass is 16.2. The molecule has 0 saturated carbocycles. The van der Waals surface area contributed by atoms with E-state index in [2.05, 4.69) is 17.1 Å². The summed E-state index contributed by atoms with van der Waals surface area (Å²) in [5, 5.41) is 0. The topological polar surface area (TPSA) is 84.2 Å². The fourth-order valence-electron chi connectivity index (χ4n) is 4.85. The van der Waals surface area contributed by atoms with Crippen LogP contribution in [0.3, 0.4) is 0 Å². The molecule has 0 N–H and O–H groups in total. The van der Waals surface area contributed by atoms with E-state index in [9.17, 15) is 9.59 Å². The first-order chi connectivity index (χ1) is 16.0. The zero-order valence-corrected chi connectivity index (χ0v) is 19.1. The van der Waals surface area contributed by atoms with Crippen LogP contribution in [0.25, 0.3) is 0 Å². The summed E-state index contributed by atoms with van der Waals surface area (Å²) in [6.45, 7) is 3.20. The predicted molar refractivity (Wildman–Crippen MR) is 124 cm³/mol. The van der Waals surface area contributed by atoms with Crippen molar-refractivity contribution in [3.8, 4) is 0 Å². The van der Waals surface area contributed by atoms with Crippen LogP contribution in [0, 0.1) is 6.92 Å². The molecule has 0 bridgehead atoms. The van der Waals surface area contributed by atoms with Gasteiger partial charge >= 0.3 is 0 Å². The van der Waals surface area contributed by atoms with E-state index in [1.54, 1.807) is 17.0 Å². The van der Waals surface area contributed by atoms with Gasteiger partial charge in [0.2, 0.25) is 5.91 Å². The first-order valence-electron chi connectivity index (χ1n) is 11.5. The summed E-state index contributed by atoms with van der Waals surface area (Å²) in [6.07, 6.45) is 6.98. The fourth-order valence-corrected chi connectivity index (χ4v) is 4.85. The Labute approximate surface area is 193 Å². The van der Waals surface area contributed by atoms with Gasteiger partial charge in [-0.15, -0.1) is 0 Å². The van der Waals surface area contributed by atoms with E-state index in [1.807, 2.05) is 42.0 Å². The van der Waals surface area contributed by atoms with Gasteiger partial charge in [0.05, 0.1) is 6.04 Å². The molecule has 8 heteroatoms. The third-order valence-electron chi connectivity index (χ3n) is 6.65. The van der Waals surface area contributed by atoms with Gasteiger partial charge in [-0.2, -0.15) is 0 Å². The number of benzene rings is 1. The maximum Gasteiger partial charge on any atom is 0.290 e. The van der Waals surface area contributed by atoms with Gasteiger partial charge in [-0.1, -0.05) is 30.3 Å². The van der Waals surface area contributed by atoms with Crippen molar-refractivity contribution in [1.82, 2.24) is 24.4 Å². The number of imidazole rings is 1. The average Bonchev–Trinajstić information content (AvgIpc) is 3.48. The summed E-state index contributed by atoms with van der Waals surface area (Å²) in [6, 6.07) is 9.95. The zero-order chi connectivity index (χ0) is 22.9. The van der Waals surface area contributed by atoms with Crippen LogP contribution >= 0.6 is 0 Å². The Balaban J connectivity index is 1.45. The number of likely N-dealkylation sites (tertiary alicyclic amines) is 1. The van der Waals surface area contributed by atoms with Gasteiger partial charge in [0.1, 0.15) is 5.82 Å². The van der Waals surface area contributed by atoms with Crippen molar-refractivity contribution in [3.05, 3.63) is 71.2 Å². The number of anilines is 1. The highest BCUT2D eigenvalue weighted by molar-refractivity contribution is 5.95. The van der Waals surface area contributed by atoms with Crippen LogP contribution in [0.5, 0.6) is 0 Å². The lowest BCUT2D eigenvalue weighted by atomic mass is 10.0. The second kappa shape index (κ2) is 8.77. The molecule has 8 nitrogen and oxygen atoms in total. The number of aryl methyl sites for hydroxylation is 2. The van der Waals surface area contributed by atoms with Gasteiger partial charge in [0.15, 0.2) is 11.6 Å². The smallest absolute Gasteiger partial charge is 0.290 e. The van der Waals surface area contributed by atoms with Crippen LogP contribution in [-0.4, -0.2) is 49.3 Å². The van der Waals surface area contributed by atoms with E-state index in [-0.39, 0.29) is 17.9 Å². The summed E-state index contributed by atoms with van der Waals surface area (Å²) in [5.41, 5.74) is 3.11. The number of amides is 2. The Morgan fingerprint density at radius 1 is 1.15 bits per heavy atom. The molecular weight excluding hydrogens is 416 g/mol. The number of hydrogen-bond donors (Lipinski definition) is 0. The highest BCUT2D eigenvalue weighted by Crippen LogP contribution is 2.35. The quantitative estimate of drug-likeness (QED) is 0.604. The van der Waals surface area contributed by atoms with Crippen molar-refractivity contribution in [3.63, 3.8) is 0 Å². The molecule has 0 spiro atoms. The van der Waals surface area contributed by atoms with Crippen LogP contribution in [0.4, 0.5) is 5.82 Å². The monoisotopic (exact) mass is 444 g/mol. The van der Waals surface area contributed by atoms with Crippen LogP contribution in [0.2, 0.25) is 0 Å². The van der Waals surface area contributed by atoms with E-state index in [0.717, 1.165) is 30.5 Å². The fraction of sp³-hybridized carbons (Fsp3) is 0.400. The molecule has 0 aliphatic carbocycles. The molecule has 1 unspecified atom stereocenters. The van der Waals surface area contributed by atoms with E-state index in [4.69, 9.17) is 9.97 Å². The molecule has 170 valence electrons. The number of carbonyl (C=O) groups is 2. The number of aromatic nitrogens is 4. The molecule has 2 aliphatic rings. The van der Waals surface area contributed by atoms with Gasteiger partial charge in [-0.25, -0.2) is 15.0 Å². The lowest BCUT2D eigenvalue weighted by Gasteiger charge is -2.31. The molecule has 3 aromatic rings. The van der Waals surface area contributed by atoms with E-state index < -0.39 is 0 Å². The molecule has 4 heterocycles. The van der Waals surface area contributed by atoms with Crippen LogP contribution < -0.4 is 4.90 Å². The molecule has 2 aromatic heterocycles. The lowest BCUT2D eigenvalue weighted by Crippen LogP contribution is -2.39. The minimum atomic E-state index is -0.216. The normalized spacial score (nSPS) is 18.0. The zero-order valence-electron chi connectivity index (χ0n) is 19.1. The number of fused-ring (bicyclic) bond motifs is 1. The molecule has 1 atom stereocenters. The number of hydrogen-bond acceptors (Lipinski definition) is 5. The molecular formula is C25H28N6O2. The third kappa shape index (κ3) is 4.01. The third-order valence-corrected chi connectivity index (χ3v) is 6.65. The largest absolute Gasteiger partial charge is 0.330 e. The van der Waals surface area contributed by atoms with Crippen molar-refractivity contribution in [2.24, 2.45) is 7.05 Å². The Morgan fingerprint density at radius 3 is 2.73 bits per heavy atom. The Kier molecular flexibility index (Phi) is 5.66. The first-order valence-corrected chi connectivity index (χ1v) is 11.5. The molecule has 0 radical (unpaired) electrons. The average molecular weight is 445 g/mol. The number of carbonyl (C=O) groups excluding carboxylic acids is 2. The van der Waals surface area contributed by atoms with E-state index >= 15 is 0 Å². The Bertz CT molecular complexity index is 1190. The summed E-state index contributed by atoms with van der Waals surface area (Å²) in [5.74, 6) is 1.72. The molecule has 1 fully saturated rings. The van der Waals surface area contributed by atoms with Crippen molar-refractivity contribution in [1.29, 1.82) is 0 Å². The van der Waals surface area contributed by atoms with Gasteiger partial charge in [-0.3, -0.25) is 14.5 Å². The molecule has 33 heavy (non-hydrogen) atoms. The van der Waals surface area contributed by atoms with Crippen molar-refractivity contribution < 1.29 is 9.59 Å². The van der Waals surface area contributed by atoms with Crippen LogP contribution in [0.1, 0.15) is 58.6 Å². The lowest BCUT2D eigenvalue weighted by molar-refractivity contribution is -0.118. The first kappa shape index (κ1) is 21.3. The minimum absolute atomic E-state index is 0.0924. The Hall–Kier alpha value is -3.55. The maximum absolute atomic E-state index is 13.2. The summed E-state index contributed by atoms with van der Waals surface area (Å²) < 4.78 is 1.74. The van der Waals surface area contributed by atoms with Gasteiger partial charge < -0.3 is 9.47 Å². The number of rotatable bonds is 5. The molecule has 1 aromatic carbocycles. The summed E-state index contributed by atoms with van der Waals surface area (Å²) in [7, 11) is 1.82. The van der Waals surface area contributed by atoms with Crippen molar-refractivity contribution in [2.45, 2.75) is 45.1 Å². The van der Waals surface area contributed by atoms with Crippen molar-refractivity contribution >= 4 is 17.6 Å². The maximum atomic E-state index is 13.2. The molecule has 2 aliphatic heterocycles. The van der Waals surface area contributed by atoms with Gasteiger partial charge in [-0.05, 0) is 38.2 Å². The summed E-state index contributed by atoms with van der Waals surface area (Å²) >= 11 is 0. The molecule has 5 rings (SSSR count). The number of nitrogens with zero attached hydrogens (tertiary/aromatic N) is 6. The second-order valence-corrected chi connectivity index (χ2v) is 8.77. The van der Waals surface area contributed by atoms with Gasteiger partial charge in [0, 0.05) is 50.2 Å². The summed E-state index contributed by atoms with van der Waals surface area (Å²) in [4.78, 5) is 43.6. The predicted octanol–water partition coefficient (Wildman–Crippen LogP) is 3.02. The van der Waals surface area contributed by atoms with Crippen molar-refractivity contribution in [2.75, 3.05) is 18.0 Å². The second-order valence-electron chi connectivity index (χ2n) is 8.77. The molecule has 1 saturated heterocycles. The SMILES string of the molecule is Cc1nc(C2CCCN2C(=O)c2nccn2C)nc2c1CCC(=O)N2CCc1ccccc1. The van der Waals surface area contributed by atoms with Crippen LogP contribution in [-0.2, 0) is 24.7 Å². The minimum Gasteiger partial charge on any atom is -0.330 e. The van der Waals surface area contributed by atoms with E-state index in [0.29, 0.717) is 43.4 Å². The van der Waals surface area contributed by atoms with Gasteiger partial charge in [0.25, 0.3) is 5.91 Å². The molecule has 2 amide bonds.